The van der Waals surface area contributed by atoms with Crippen molar-refractivity contribution in [3.8, 4) is 11.6 Å². The van der Waals surface area contributed by atoms with Gasteiger partial charge in [-0.1, -0.05) is 25.1 Å². The Kier molecular flexibility index (Phi) is 5.29. The van der Waals surface area contributed by atoms with Gasteiger partial charge in [0, 0.05) is 0 Å². The molecular weight excluding hydrogens is 270 g/mol. The van der Waals surface area contributed by atoms with Crippen molar-refractivity contribution in [2.45, 2.75) is 20.0 Å². The number of aliphatic hydroxyl groups excluding tert-OH is 1. The lowest BCUT2D eigenvalue weighted by Gasteiger charge is -2.11. The summed E-state index contributed by atoms with van der Waals surface area (Å²) in [5.41, 5.74) is 0.838. The fraction of sp³-hybridized carbons (Fsp3) is 0.250. The highest BCUT2D eigenvalue weighted by molar-refractivity contribution is 5.91. The van der Waals surface area contributed by atoms with E-state index < -0.39 is 5.97 Å². The number of aliphatic hydroxyl groups is 1. The lowest BCUT2D eigenvalue weighted by Crippen LogP contribution is -2.11. The molecule has 0 unspecified atom stereocenters. The third-order valence-corrected chi connectivity index (χ3v) is 2.71. The summed E-state index contributed by atoms with van der Waals surface area (Å²) in [6.07, 6.45) is 0.827. The zero-order valence-corrected chi connectivity index (χ0v) is 11.8. The molecular formula is C16H17NO4. The third-order valence-electron chi connectivity index (χ3n) is 2.71. The van der Waals surface area contributed by atoms with E-state index in [2.05, 4.69) is 4.98 Å². The van der Waals surface area contributed by atoms with Gasteiger partial charge in [0.25, 0.3) is 5.88 Å². The van der Waals surface area contributed by atoms with Crippen LogP contribution in [0.2, 0.25) is 0 Å². The second-order valence-electron chi connectivity index (χ2n) is 4.37. The maximum absolute atomic E-state index is 12.1. The van der Waals surface area contributed by atoms with Crippen molar-refractivity contribution in [1.29, 1.82) is 0 Å². The average Bonchev–Trinajstić information content (AvgIpc) is 2.54. The van der Waals surface area contributed by atoms with Crippen LogP contribution in [-0.2, 0) is 6.61 Å². The maximum atomic E-state index is 12.1. The van der Waals surface area contributed by atoms with Gasteiger partial charge in [-0.3, -0.25) is 0 Å². The summed E-state index contributed by atoms with van der Waals surface area (Å²) in [6.45, 7) is 2.24. The highest BCUT2D eigenvalue weighted by atomic mass is 16.6. The Morgan fingerprint density at radius 3 is 2.62 bits per heavy atom. The van der Waals surface area contributed by atoms with E-state index in [-0.39, 0.29) is 12.5 Å². The minimum absolute atomic E-state index is 0.0730. The van der Waals surface area contributed by atoms with Crippen molar-refractivity contribution < 1.29 is 19.4 Å². The molecule has 5 nitrogen and oxygen atoms in total. The number of nitrogens with zero attached hydrogens (tertiary/aromatic N) is 1. The van der Waals surface area contributed by atoms with Crippen LogP contribution in [0.1, 0.15) is 29.4 Å². The molecule has 1 aromatic carbocycles. The zero-order valence-electron chi connectivity index (χ0n) is 11.8. The molecule has 1 N–H and O–H groups in total. The van der Waals surface area contributed by atoms with Gasteiger partial charge < -0.3 is 14.6 Å². The van der Waals surface area contributed by atoms with Gasteiger partial charge in [-0.2, -0.15) is 0 Å². The van der Waals surface area contributed by atoms with Crippen molar-refractivity contribution in [2.75, 3.05) is 6.61 Å². The minimum atomic E-state index is -0.514. The van der Waals surface area contributed by atoms with Crippen LogP contribution in [0.4, 0.5) is 0 Å². The van der Waals surface area contributed by atoms with Gasteiger partial charge in [-0.15, -0.1) is 0 Å². The molecule has 0 aliphatic rings. The second kappa shape index (κ2) is 7.40. The second-order valence-corrected chi connectivity index (χ2v) is 4.37. The standard InChI is InChI=1S/C16H17NO4/c1-2-10-20-14-9-8-13(11-18)17-15(14)21-16(19)12-6-4-3-5-7-12/h3-9,18H,2,10-11H2,1H3. The van der Waals surface area contributed by atoms with E-state index in [0.717, 1.165) is 6.42 Å². The summed E-state index contributed by atoms with van der Waals surface area (Å²) in [7, 11) is 0. The van der Waals surface area contributed by atoms with Gasteiger partial charge in [0.15, 0.2) is 5.75 Å². The van der Waals surface area contributed by atoms with E-state index in [1.807, 2.05) is 13.0 Å². The quantitative estimate of drug-likeness (QED) is 0.827. The van der Waals surface area contributed by atoms with Gasteiger partial charge in [0.1, 0.15) is 0 Å². The Morgan fingerprint density at radius 1 is 1.19 bits per heavy atom. The molecule has 0 fully saturated rings. The fourth-order valence-corrected chi connectivity index (χ4v) is 1.67. The van der Waals surface area contributed by atoms with E-state index in [9.17, 15) is 4.79 Å². The molecule has 2 aromatic rings. The van der Waals surface area contributed by atoms with Crippen LogP contribution in [0, 0.1) is 0 Å². The third kappa shape index (κ3) is 4.03. The van der Waals surface area contributed by atoms with Crippen LogP contribution in [-0.4, -0.2) is 22.7 Å². The van der Waals surface area contributed by atoms with E-state index >= 15 is 0 Å². The molecule has 1 heterocycles. The summed E-state index contributed by atoms with van der Waals surface area (Å²) < 4.78 is 10.8. The minimum Gasteiger partial charge on any atom is -0.488 e. The molecule has 0 saturated heterocycles. The first-order chi connectivity index (χ1) is 10.2. The topological polar surface area (TPSA) is 68.7 Å². The van der Waals surface area contributed by atoms with Gasteiger partial charge in [0.2, 0.25) is 0 Å². The molecule has 0 spiro atoms. The molecule has 0 atom stereocenters. The Balaban J connectivity index is 2.22. The van der Waals surface area contributed by atoms with Gasteiger partial charge >= 0.3 is 5.97 Å². The molecule has 0 bridgehead atoms. The summed E-state index contributed by atoms with van der Waals surface area (Å²) in [4.78, 5) is 16.2. The molecule has 2 rings (SSSR count). The average molecular weight is 287 g/mol. The fourth-order valence-electron chi connectivity index (χ4n) is 1.67. The predicted molar refractivity (Wildman–Crippen MR) is 77.3 cm³/mol. The highest BCUT2D eigenvalue weighted by Crippen LogP contribution is 2.26. The van der Waals surface area contributed by atoms with Crippen molar-refractivity contribution in [3.63, 3.8) is 0 Å². The molecule has 0 aliphatic heterocycles. The van der Waals surface area contributed by atoms with E-state index in [1.54, 1.807) is 36.4 Å². The van der Waals surface area contributed by atoms with Crippen molar-refractivity contribution in [2.24, 2.45) is 0 Å². The number of esters is 1. The zero-order chi connectivity index (χ0) is 15.1. The summed E-state index contributed by atoms with van der Waals surface area (Å²) in [5.74, 6) is -0.0540. The van der Waals surface area contributed by atoms with E-state index in [1.165, 1.54) is 0 Å². The number of benzene rings is 1. The number of ether oxygens (including phenoxy) is 2. The number of aromatic nitrogens is 1. The molecule has 1 aromatic heterocycles. The Labute approximate surface area is 123 Å². The smallest absolute Gasteiger partial charge is 0.344 e. The van der Waals surface area contributed by atoms with Gasteiger partial charge in [-0.25, -0.2) is 9.78 Å². The molecule has 5 heteroatoms. The number of pyridine rings is 1. The van der Waals surface area contributed by atoms with Crippen molar-refractivity contribution in [3.05, 3.63) is 53.7 Å². The number of hydrogen-bond donors (Lipinski definition) is 1. The van der Waals surface area contributed by atoms with Gasteiger partial charge in [0.05, 0.1) is 24.5 Å². The summed E-state index contributed by atoms with van der Waals surface area (Å²) in [6, 6.07) is 11.9. The predicted octanol–water partition coefficient (Wildman–Crippen LogP) is 2.58. The van der Waals surface area contributed by atoms with E-state index in [0.29, 0.717) is 23.6 Å². The SMILES string of the molecule is CCCOc1ccc(CO)nc1OC(=O)c1ccccc1. The van der Waals surface area contributed by atoms with Crippen LogP contribution < -0.4 is 9.47 Å². The van der Waals surface area contributed by atoms with Crippen LogP contribution in [0.15, 0.2) is 42.5 Å². The summed E-state index contributed by atoms with van der Waals surface area (Å²) in [5, 5.41) is 9.14. The van der Waals surface area contributed by atoms with Gasteiger partial charge in [-0.05, 0) is 30.7 Å². The largest absolute Gasteiger partial charge is 0.488 e. The Morgan fingerprint density at radius 2 is 1.95 bits per heavy atom. The van der Waals surface area contributed by atoms with Crippen LogP contribution in [0.25, 0.3) is 0 Å². The van der Waals surface area contributed by atoms with Crippen molar-refractivity contribution in [1.82, 2.24) is 4.98 Å². The number of carbonyl (C=O) groups is 1. The number of rotatable bonds is 6. The molecule has 21 heavy (non-hydrogen) atoms. The van der Waals surface area contributed by atoms with Crippen LogP contribution >= 0.6 is 0 Å². The monoisotopic (exact) mass is 287 g/mol. The lowest BCUT2D eigenvalue weighted by atomic mass is 10.2. The number of carbonyl (C=O) groups excluding carboxylic acids is 1. The molecule has 0 aliphatic carbocycles. The number of hydrogen-bond acceptors (Lipinski definition) is 5. The van der Waals surface area contributed by atoms with Crippen LogP contribution in [0.3, 0.4) is 0 Å². The Bertz CT molecular complexity index is 598. The first kappa shape index (κ1) is 15.0. The highest BCUT2D eigenvalue weighted by Gasteiger charge is 2.14. The molecule has 0 radical (unpaired) electrons. The first-order valence-corrected chi connectivity index (χ1v) is 6.75. The van der Waals surface area contributed by atoms with Crippen molar-refractivity contribution >= 4 is 5.97 Å². The summed E-state index contributed by atoms with van der Waals surface area (Å²) >= 11 is 0. The molecule has 0 amide bonds. The van der Waals surface area contributed by atoms with Crippen LogP contribution in [0.5, 0.6) is 11.6 Å². The van der Waals surface area contributed by atoms with E-state index in [4.69, 9.17) is 14.6 Å². The maximum Gasteiger partial charge on any atom is 0.344 e. The molecule has 0 saturated carbocycles. The lowest BCUT2D eigenvalue weighted by molar-refractivity contribution is 0.0719. The Hall–Kier alpha value is -2.40. The molecule has 110 valence electrons. The first-order valence-electron chi connectivity index (χ1n) is 6.75. The normalized spacial score (nSPS) is 10.2.